The third kappa shape index (κ3) is 6.82. The highest BCUT2D eigenvalue weighted by atomic mass is 16.5. The smallest absolute Gasteiger partial charge is 0.126 e. The molecule has 120 valence electrons. The Balaban J connectivity index is 2.72. The molecular formula is C17H30N2O2. The zero-order valence-corrected chi connectivity index (χ0v) is 14.2. The lowest BCUT2D eigenvalue weighted by Crippen LogP contribution is -2.20. The van der Waals surface area contributed by atoms with E-state index in [0.717, 1.165) is 37.4 Å². The number of benzene rings is 1. The molecule has 0 aliphatic heterocycles. The lowest BCUT2D eigenvalue weighted by molar-refractivity contribution is 0.247. The maximum Gasteiger partial charge on any atom is 0.126 e. The van der Waals surface area contributed by atoms with Gasteiger partial charge in [-0.05, 0) is 46.7 Å². The molecule has 1 aromatic rings. The quantitative estimate of drug-likeness (QED) is 0.662. The third-order valence-corrected chi connectivity index (χ3v) is 3.18. The fourth-order valence-electron chi connectivity index (χ4n) is 1.99. The number of likely N-dealkylation sites (N-methyl/N-ethyl adjacent to an activating group) is 2. The van der Waals surface area contributed by atoms with Gasteiger partial charge in [0.05, 0.1) is 0 Å². The van der Waals surface area contributed by atoms with Crippen LogP contribution in [0.5, 0.6) is 11.5 Å². The average molecular weight is 294 g/mol. The molecule has 0 heterocycles. The van der Waals surface area contributed by atoms with E-state index in [1.807, 2.05) is 18.2 Å². The lowest BCUT2D eigenvalue weighted by atomic mass is 10.1. The Kier molecular flexibility index (Phi) is 8.16. The van der Waals surface area contributed by atoms with Gasteiger partial charge in [0.2, 0.25) is 0 Å². The van der Waals surface area contributed by atoms with Crippen molar-refractivity contribution in [1.82, 2.24) is 9.80 Å². The molecule has 0 aliphatic carbocycles. The van der Waals surface area contributed by atoms with E-state index in [-0.39, 0.29) is 0 Å². The van der Waals surface area contributed by atoms with Gasteiger partial charge < -0.3 is 19.3 Å². The zero-order chi connectivity index (χ0) is 15.7. The van der Waals surface area contributed by atoms with Crippen LogP contribution >= 0.6 is 0 Å². The number of rotatable bonds is 10. The molecule has 0 radical (unpaired) electrons. The Morgan fingerprint density at radius 2 is 1.33 bits per heavy atom. The summed E-state index contributed by atoms with van der Waals surface area (Å²) in [4.78, 5) is 4.24. The van der Waals surface area contributed by atoms with Crippen LogP contribution in [-0.4, -0.2) is 64.3 Å². The molecule has 0 saturated carbocycles. The van der Waals surface area contributed by atoms with E-state index in [1.165, 1.54) is 5.56 Å². The van der Waals surface area contributed by atoms with Crippen molar-refractivity contribution < 1.29 is 9.47 Å². The number of nitrogens with zero attached hydrogens (tertiary/aromatic N) is 2. The first-order valence-electron chi connectivity index (χ1n) is 7.71. The van der Waals surface area contributed by atoms with Gasteiger partial charge in [-0.1, -0.05) is 19.4 Å². The third-order valence-electron chi connectivity index (χ3n) is 3.18. The Hall–Kier alpha value is -1.26. The summed E-state index contributed by atoms with van der Waals surface area (Å²) in [6, 6.07) is 6.09. The molecule has 0 aliphatic rings. The molecule has 0 bridgehead atoms. The minimum atomic E-state index is 0.699. The SMILES string of the molecule is CCCc1c(OCCN(C)C)cccc1OCCN(C)C. The van der Waals surface area contributed by atoms with Crippen molar-refractivity contribution in [3.63, 3.8) is 0 Å². The second kappa shape index (κ2) is 9.64. The molecule has 0 saturated heterocycles. The van der Waals surface area contributed by atoms with Crippen molar-refractivity contribution in [2.45, 2.75) is 19.8 Å². The molecule has 0 N–H and O–H groups in total. The van der Waals surface area contributed by atoms with Gasteiger partial charge in [0.25, 0.3) is 0 Å². The molecule has 4 heteroatoms. The van der Waals surface area contributed by atoms with Crippen molar-refractivity contribution in [3.05, 3.63) is 23.8 Å². The molecule has 0 amide bonds. The van der Waals surface area contributed by atoms with Crippen LogP contribution in [0.4, 0.5) is 0 Å². The van der Waals surface area contributed by atoms with Crippen molar-refractivity contribution in [2.24, 2.45) is 0 Å². The van der Waals surface area contributed by atoms with Gasteiger partial charge >= 0.3 is 0 Å². The van der Waals surface area contributed by atoms with Crippen LogP contribution in [0.25, 0.3) is 0 Å². The van der Waals surface area contributed by atoms with Gasteiger partial charge in [-0.25, -0.2) is 0 Å². The number of hydrogen-bond donors (Lipinski definition) is 0. The van der Waals surface area contributed by atoms with Gasteiger partial charge in [0.15, 0.2) is 0 Å². The summed E-state index contributed by atoms with van der Waals surface area (Å²) in [5.74, 6) is 1.92. The maximum atomic E-state index is 5.94. The van der Waals surface area contributed by atoms with Crippen LogP contribution in [0.2, 0.25) is 0 Å². The van der Waals surface area contributed by atoms with Crippen molar-refractivity contribution >= 4 is 0 Å². The van der Waals surface area contributed by atoms with E-state index in [1.54, 1.807) is 0 Å². The van der Waals surface area contributed by atoms with E-state index in [2.05, 4.69) is 44.9 Å². The van der Waals surface area contributed by atoms with E-state index in [4.69, 9.17) is 9.47 Å². The monoisotopic (exact) mass is 294 g/mol. The number of hydrogen-bond acceptors (Lipinski definition) is 4. The van der Waals surface area contributed by atoms with Crippen LogP contribution in [0.3, 0.4) is 0 Å². The second-order valence-electron chi connectivity index (χ2n) is 5.79. The summed E-state index contributed by atoms with van der Waals surface area (Å²) >= 11 is 0. The van der Waals surface area contributed by atoms with Crippen molar-refractivity contribution in [1.29, 1.82) is 0 Å². The molecule has 1 aromatic carbocycles. The van der Waals surface area contributed by atoms with Gasteiger partial charge in [-0.3, -0.25) is 0 Å². The Bertz CT molecular complexity index is 374. The van der Waals surface area contributed by atoms with Gasteiger partial charge in [-0.15, -0.1) is 0 Å². The molecule has 1 rings (SSSR count). The topological polar surface area (TPSA) is 24.9 Å². The van der Waals surface area contributed by atoms with Gasteiger partial charge in [0.1, 0.15) is 24.7 Å². The van der Waals surface area contributed by atoms with Crippen molar-refractivity contribution in [3.8, 4) is 11.5 Å². The summed E-state index contributed by atoms with van der Waals surface area (Å²) in [5, 5.41) is 0. The van der Waals surface area contributed by atoms with Gasteiger partial charge in [0, 0.05) is 18.7 Å². The van der Waals surface area contributed by atoms with Crippen LogP contribution < -0.4 is 9.47 Å². The first kappa shape index (κ1) is 17.8. The Morgan fingerprint density at radius 3 is 1.71 bits per heavy atom. The summed E-state index contributed by atoms with van der Waals surface area (Å²) < 4.78 is 11.9. The molecule has 0 unspecified atom stereocenters. The van der Waals surface area contributed by atoms with Crippen LogP contribution in [-0.2, 0) is 6.42 Å². The standard InChI is InChI=1S/C17H30N2O2/c1-6-8-15-16(20-13-11-18(2)3)9-7-10-17(15)21-14-12-19(4)5/h7,9-10H,6,8,11-14H2,1-5H3. The molecule has 0 spiro atoms. The van der Waals surface area contributed by atoms with Crippen LogP contribution in [0, 0.1) is 0 Å². The fourth-order valence-corrected chi connectivity index (χ4v) is 1.99. The lowest BCUT2D eigenvalue weighted by Gasteiger charge is -2.18. The molecule has 21 heavy (non-hydrogen) atoms. The summed E-state index contributed by atoms with van der Waals surface area (Å²) in [6.07, 6.45) is 2.06. The molecule has 4 nitrogen and oxygen atoms in total. The Morgan fingerprint density at radius 1 is 0.857 bits per heavy atom. The fraction of sp³-hybridized carbons (Fsp3) is 0.647. The minimum Gasteiger partial charge on any atom is -0.492 e. The molecule has 0 aromatic heterocycles. The largest absolute Gasteiger partial charge is 0.492 e. The predicted molar refractivity (Wildman–Crippen MR) is 88.5 cm³/mol. The van der Waals surface area contributed by atoms with E-state index in [0.29, 0.717) is 13.2 Å². The van der Waals surface area contributed by atoms with Crippen molar-refractivity contribution in [2.75, 3.05) is 54.5 Å². The first-order chi connectivity index (χ1) is 10.0. The second-order valence-corrected chi connectivity index (χ2v) is 5.79. The number of ether oxygens (including phenoxy) is 2. The molecule has 0 fully saturated rings. The highest BCUT2D eigenvalue weighted by Gasteiger charge is 2.10. The average Bonchev–Trinajstić information content (AvgIpc) is 2.41. The highest BCUT2D eigenvalue weighted by Crippen LogP contribution is 2.30. The van der Waals surface area contributed by atoms with Crippen LogP contribution in [0.1, 0.15) is 18.9 Å². The normalized spacial score (nSPS) is 11.2. The summed E-state index contributed by atoms with van der Waals surface area (Å²) in [6.45, 7) is 5.41. The minimum absolute atomic E-state index is 0.699. The van der Waals surface area contributed by atoms with E-state index in [9.17, 15) is 0 Å². The zero-order valence-electron chi connectivity index (χ0n) is 14.2. The molecular weight excluding hydrogens is 264 g/mol. The first-order valence-corrected chi connectivity index (χ1v) is 7.71. The Labute approximate surface area is 129 Å². The highest BCUT2D eigenvalue weighted by molar-refractivity contribution is 5.45. The van der Waals surface area contributed by atoms with E-state index < -0.39 is 0 Å². The summed E-state index contributed by atoms with van der Waals surface area (Å²) in [5.41, 5.74) is 1.19. The van der Waals surface area contributed by atoms with Crippen LogP contribution in [0.15, 0.2) is 18.2 Å². The summed E-state index contributed by atoms with van der Waals surface area (Å²) in [7, 11) is 8.21. The van der Waals surface area contributed by atoms with Gasteiger partial charge in [-0.2, -0.15) is 0 Å². The molecule has 0 atom stereocenters. The maximum absolute atomic E-state index is 5.94. The van der Waals surface area contributed by atoms with E-state index >= 15 is 0 Å². The predicted octanol–water partition coefficient (Wildman–Crippen LogP) is 2.52.